The molecule has 2 aliphatic rings. The fraction of sp³-hybridized carbons (Fsp3) is 0.348. The van der Waals surface area contributed by atoms with E-state index in [2.05, 4.69) is 73.0 Å². The summed E-state index contributed by atoms with van der Waals surface area (Å²) in [6, 6.07) is 15.2. The highest BCUT2D eigenvalue weighted by Crippen LogP contribution is 2.49. The number of carbonyl (C=O) groups excluding carboxylic acids is 1. The fourth-order valence-electron chi connectivity index (χ4n) is 4.27. The molecule has 2 N–H and O–H groups in total. The van der Waals surface area contributed by atoms with Crippen molar-refractivity contribution < 1.29 is 4.79 Å². The van der Waals surface area contributed by atoms with E-state index in [-0.39, 0.29) is 5.91 Å². The number of fused-ring (bicyclic) bond motifs is 3. The fourth-order valence-corrected chi connectivity index (χ4v) is 4.27. The van der Waals surface area contributed by atoms with E-state index in [1.165, 1.54) is 16.7 Å². The van der Waals surface area contributed by atoms with E-state index in [4.69, 9.17) is 0 Å². The minimum absolute atomic E-state index is 0.0222. The summed E-state index contributed by atoms with van der Waals surface area (Å²) in [7, 11) is 0. The molecule has 3 nitrogen and oxygen atoms in total. The van der Waals surface area contributed by atoms with E-state index in [1.54, 1.807) is 0 Å². The summed E-state index contributed by atoms with van der Waals surface area (Å²) in [6.45, 7) is 4.93. The number of benzene rings is 2. The highest BCUT2D eigenvalue weighted by atomic mass is 16.1. The van der Waals surface area contributed by atoms with Gasteiger partial charge in [-0.15, -0.1) is 0 Å². The molecule has 3 atom stereocenters. The van der Waals surface area contributed by atoms with Gasteiger partial charge in [-0.3, -0.25) is 4.79 Å². The zero-order valence-corrected chi connectivity index (χ0v) is 15.5. The quantitative estimate of drug-likeness (QED) is 0.768. The minimum atomic E-state index is 0.0222. The second-order valence-corrected chi connectivity index (χ2v) is 7.45. The third-order valence-electron chi connectivity index (χ3n) is 5.56. The maximum absolute atomic E-state index is 12.4. The Bertz CT molecular complexity index is 855. The summed E-state index contributed by atoms with van der Waals surface area (Å²) in [4.78, 5) is 12.4. The Morgan fingerprint density at radius 3 is 2.92 bits per heavy atom. The molecule has 1 heterocycles. The summed E-state index contributed by atoms with van der Waals surface area (Å²) in [5.74, 6) is 0.892. The second kappa shape index (κ2) is 6.99. The number of nitrogens with one attached hydrogen (secondary N) is 2. The lowest BCUT2D eigenvalue weighted by Crippen LogP contribution is -2.30. The molecule has 0 bridgehead atoms. The van der Waals surface area contributed by atoms with Crippen molar-refractivity contribution in [3.63, 3.8) is 0 Å². The van der Waals surface area contributed by atoms with Crippen LogP contribution in [0.5, 0.6) is 0 Å². The van der Waals surface area contributed by atoms with Crippen LogP contribution in [0.15, 0.2) is 54.6 Å². The van der Waals surface area contributed by atoms with Gasteiger partial charge in [-0.1, -0.05) is 48.9 Å². The number of carbonyl (C=O) groups is 1. The molecule has 0 fully saturated rings. The highest BCUT2D eigenvalue weighted by molar-refractivity contribution is 5.95. The second-order valence-electron chi connectivity index (χ2n) is 7.45. The zero-order chi connectivity index (χ0) is 18.1. The Hall–Kier alpha value is -2.55. The summed E-state index contributed by atoms with van der Waals surface area (Å²) in [5, 5.41) is 6.73. The summed E-state index contributed by atoms with van der Waals surface area (Å²) in [6.07, 6.45) is 6.63. The first-order valence-electron chi connectivity index (χ1n) is 9.59. The summed E-state index contributed by atoms with van der Waals surface area (Å²) >= 11 is 0. The minimum Gasteiger partial charge on any atom is -0.378 e. The van der Waals surface area contributed by atoms with Gasteiger partial charge in [0.15, 0.2) is 0 Å². The summed E-state index contributed by atoms with van der Waals surface area (Å²) in [5.41, 5.74) is 5.79. The lowest BCUT2D eigenvalue weighted by Gasteiger charge is -2.37. The van der Waals surface area contributed by atoms with Crippen LogP contribution < -0.4 is 10.6 Å². The van der Waals surface area contributed by atoms with Crippen LogP contribution >= 0.6 is 0 Å². The number of aryl methyl sites for hydroxylation is 1. The van der Waals surface area contributed by atoms with Gasteiger partial charge in [-0.05, 0) is 55.0 Å². The molecule has 0 saturated carbocycles. The summed E-state index contributed by atoms with van der Waals surface area (Å²) < 4.78 is 0. The molecule has 1 aliphatic heterocycles. The van der Waals surface area contributed by atoms with Crippen LogP contribution in [-0.2, 0) is 0 Å². The molecule has 2 aromatic carbocycles. The predicted octanol–water partition coefficient (Wildman–Crippen LogP) is 4.96. The first kappa shape index (κ1) is 16.9. The van der Waals surface area contributed by atoms with Gasteiger partial charge in [0.1, 0.15) is 0 Å². The largest absolute Gasteiger partial charge is 0.378 e. The maximum Gasteiger partial charge on any atom is 0.251 e. The Balaban J connectivity index is 1.68. The zero-order valence-electron chi connectivity index (χ0n) is 15.5. The third kappa shape index (κ3) is 3.03. The van der Waals surface area contributed by atoms with Crippen LogP contribution in [0, 0.1) is 12.8 Å². The smallest absolute Gasteiger partial charge is 0.251 e. The Morgan fingerprint density at radius 1 is 1.23 bits per heavy atom. The SMILES string of the molecule is CCCNC(=O)c1ccc2c(c1)C1C=CCC1C(c1cccc(C)c1)N2. The van der Waals surface area contributed by atoms with Crippen LogP contribution in [0.4, 0.5) is 5.69 Å². The van der Waals surface area contributed by atoms with Crippen molar-refractivity contribution in [3.8, 4) is 0 Å². The Morgan fingerprint density at radius 2 is 2.12 bits per heavy atom. The van der Waals surface area contributed by atoms with E-state index in [0.29, 0.717) is 17.9 Å². The average molecular weight is 346 g/mol. The highest BCUT2D eigenvalue weighted by Gasteiger charge is 2.38. The van der Waals surface area contributed by atoms with Gasteiger partial charge in [0, 0.05) is 23.7 Å². The molecular weight excluding hydrogens is 320 g/mol. The van der Waals surface area contributed by atoms with Gasteiger partial charge in [-0.25, -0.2) is 0 Å². The molecule has 2 aromatic rings. The lowest BCUT2D eigenvalue weighted by molar-refractivity contribution is 0.0953. The van der Waals surface area contributed by atoms with Crippen molar-refractivity contribution in [2.45, 2.75) is 38.6 Å². The van der Waals surface area contributed by atoms with E-state index in [9.17, 15) is 4.79 Å². The first-order valence-corrected chi connectivity index (χ1v) is 9.59. The van der Waals surface area contributed by atoms with Crippen molar-refractivity contribution in [1.29, 1.82) is 0 Å². The predicted molar refractivity (Wildman–Crippen MR) is 107 cm³/mol. The molecule has 3 heteroatoms. The average Bonchev–Trinajstić information content (AvgIpc) is 3.15. The number of hydrogen-bond acceptors (Lipinski definition) is 2. The van der Waals surface area contributed by atoms with Gasteiger partial charge >= 0.3 is 0 Å². The van der Waals surface area contributed by atoms with E-state index in [0.717, 1.165) is 30.6 Å². The normalized spacial score (nSPS) is 23.1. The van der Waals surface area contributed by atoms with Gasteiger partial charge < -0.3 is 10.6 Å². The third-order valence-corrected chi connectivity index (χ3v) is 5.56. The molecular formula is C23H26N2O. The molecule has 26 heavy (non-hydrogen) atoms. The molecule has 1 aliphatic carbocycles. The van der Waals surface area contributed by atoms with Crippen molar-refractivity contribution in [3.05, 3.63) is 76.9 Å². The van der Waals surface area contributed by atoms with E-state index in [1.807, 2.05) is 6.07 Å². The van der Waals surface area contributed by atoms with E-state index < -0.39 is 0 Å². The van der Waals surface area contributed by atoms with Crippen LogP contribution in [0.25, 0.3) is 0 Å². The molecule has 0 saturated heterocycles. The van der Waals surface area contributed by atoms with Crippen molar-refractivity contribution in [2.24, 2.45) is 5.92 Å². The Kier molecular flexibility index (Phi) is 4.54. The van der Waals surface area contributed by atoms with Crippen LogP contribution in [-0.4, -0.2) is 12.5 Å². The van der Waals surface area contributed by atoms with Crippen molar-refractivity contribution >= 4 is 11.6 Å². The standard InChI is InChI=1S/C23H26N2O/c1-3-12-24-23(26)17-10-11-21-20(14-17)18-8-5-9-19(18)22(25-21)16-7-4-6-15(2)13-16/h4-8,10-11,13-14,18-19,22,25H,3,9,12H2,1-2H3,(H,24,26). The van der Waals surface area contributed by atoms with Crippen molar-refractivity contribution in [2.75, 3.05) is 11.9 Å². The molecule has 0 spiro atoms. The first-order chi connectivity index (χ1) is 12.7. The van der Waals surface area contributed by atoms with Gasteiger partial charge in [0.05, 0.1) is 6.04 Å². The molecule has 134 valence electrons. The molecule has 3 unspecified atom stereocenters. The number of anilines is 1. The van der Waals surface area contributed by atoms with Gasteiger partial charge in [0.2, 0.25) is 0 Å². The molecule has 4 rings (SSSR count). The van der Waals surface area contributed by atoms with Crippen molar-refractivity contribution in [1.82, 2.24) is 5.32 Å². The van der Waals surface area contributed by atoms with Crippen LogP contribution in [0.1, 0.15) is 58.8 Å². The molecule has 1 amide bonds. The number of hydrogen-bond donors (Lipinski definition) is 2. The van der Waals surface area contributed by atoms with E-state index >= 15 is 0 Å². The van der Waals surface area contributed by atoms with Crippen LogP contribution in [0.3, 0.4) is 0 Å². The van der Waals surface area contributed by atoms with Gasteiger partial charge in [0.25, 0.3) is 5.91 Å². The number of amides is 1. The lowest BCUT2D eigenvalue weighted by atomic mass is 9.76. The van der Waals surface area contributed by atoms with Gasteiger partial charge in [-0.2, -0.15) is 0 Å². The topological polar surface area (TPSA) is 41.1 Å². The van der Waals surface area contributed by atoms with Crippen LogP contribution in [0.2, 0.25) is 0 Å². The number of rotatable bonds is 4. The maximum atomic E-state index is 12.4. The Labute approximate surface area is 155 Å². The monoisotopic (exact) mass is 346 g/mol. The molecule has 0 aromatic heterocycles. The number of allylic oxidation sites excluding steroid dienone is 2. The molecule has 0 radical (unpaired) electrons.